The highest BCUT2D eigenvalue weighted by atomic mass is 35.7. The SMILES string of the molecule is O=C(NC1CCOC1)c1cc(Cl)c(Cl)c(S(=O)(=O)Cl)c1. The summed E-state index contributed by atoms with van der Waals surface area (Å²) in [5.41, 5.74) is 0.0746. The highest BCUT2D eigenvalue weighted by Crippen LogP contribution is 2.32. The van der Waals surface area contributed by atoms with Crippen LogP contribution >= 0.6 is 33.9 Å². The number of hydrogen-bond donors (Lipinski definition) is 1. The molecule has 1 aliphatic rings. The zero-order valence-electron chi connectivity index (χ0n) is 10.0. The third kappa shape index (κ3) is 3.56. The Bertz CT molecular complexity index is 641. The predicted molar refractivity (Wildman–Crippen MR) is 76.2 cm³/mol. The van der Waals surface area contributed by atoms with E-state index in [1.807, 2.05) is 0 Å². The molecule has 5 nitrogen and oxygen atoms in total. The summed E-state index contributed by atoms with van der Waals surface area (Å²) in [6.07, 6.45) is 0.702. The van der Waals surface area contributed by atoms with Crippen LogP contribution in [-0.2, 0) is 13.8 Å². The molecule has 2 rings (SSSR count). The number of rotatable bonds is 3. The Balaban J connectivity index is 2.32. The smallest absolute Gasteiger partial charge is 0.262 e. The average Bonchev–Trinajstić information content (AvgIpc) is 2.83. The van der Waals surface area contributed by atoms with Crippen LogP contribution in [0, 0.1) is 0 Å². The van der Waals surface area contributed by atoms with Gasteiger partial charge in [0.25, 0.3) is 15.0 Å². The van der Waals surface area contributed by atoms with E-state index in [1.165, 1.54) is 6.07 Å². The molecule has 1 N–H and O–H groups in total. The number of carbonyl (C=O) groups excluding carboxylic acids is 1. The summed E-state index contributed by atoms with van der Waals surface area (Å²) < 4.78 is 27.9. The number of carbonyl (C=O) groups is 1. The van der Waals surface area contributed by atoms with Gasteiger partial charge in [0.2, 0.25) is 0 Å². The van der Waals surface area contributed by atoms with Crippen LogP contribution in [0.1, 0.15) is 16.8 Å². The second-order valence-electron chi connectivity index (χ2n) is 4.24. The molecular formula is C11H10Cl3NO4S. The van der Waals surface area contributed by atoms with Crippen molar-refractivity contribution in [1.29, 1.82) is 0 Å². The lowest BCUT2D eigenvalue weighted by Crippen LogP contribution is -2.35. The Hall–Kier alpha value is -0.530. The quantitative estimate of drug-likeness (QED) is 0.842. The molecule has 1 atom stereocenters. The molecule has 1 heterocycles. The van der Waals surface area contributed by atoms with Crippen LogP contribution in [0.5, 0.6) is 0 Å². The molecule has 20 heavy (non-hydrogen) atoms. The molecule has 0 saturated carbocycles. The molecular weight excluding hydrogens is 349 g/mol. The highest BCUT2D eigenvalue weighted by Gasteiger charge is 2.23. The van der Waals surface area contributed by atoms with Crippen molar-refractivity contribution in [3.8, 4) is 0 Å². The topological polar surface area (TPSA) is 72.5 Å². The van der Waals surface area contributed by atoms with E-state index >= 15 is 0 Å². The van der Waals surface area contributed by atoms with Gasteiger partial charge in [0.1, 0.15) is 4.90 Å². The van der Waals surface area contributed by atoms with Crippen LogP contribution in [0.25, 0.3) is 0 Å². The predicted octanol–water partition coefficient (Wildman–Crippen LogP) is 2.44. The fraction of sp³-hybridized carbons (Fsp3) is 0.364. The lowest BCUT2D eigenvalue weighted by atomic mass is 10.2. The van der Waals surface area contributed by atoms with Crippen molar-refractivity contribution >= 4 is 48.8 Å². The largest absolute Gasteiger partial charge is 0.379 e. The minimum absolute atomic E-state index is 0.0544. The fourth-order valence-electron chi connectivity index (χ4n) is 1.79. The summed E-state index contributed by atoms with van der Waals surface area (Å²) in [6.45, 7) is 1.00. The molecule has 0 spiro atoms. The van der Waals surface area contributed by atoms with E-state index in [2.05, 4.69) is 5.32 Å². The molecule has 9 heteroatoms. The van der Waals surface area contributed by atoms with Crippen molar-refractivity contribution in [3.63, 3.8) is 0 Å². The van der Waals surface area contributed by atoms with Gasteiger partial charge in [0, 0.05) is 22.9 Å². The van der Waals surface area contributed by atoms with Crippen molar-refractivity contribution in [3.05, 3.63) is 27.7 Å². The van der Waals surface area contributed by atoms with Crippen molar-refractivity contribution in [2.45, 2.75) is 17.4 Å². The van der Waals surface area contributed by atoms with Gasteiger partial charge in [-0.05, 0) is 18.6 Å². The molecule has 1 amide bonds. The number of halogens is 3. The normalized spacial score (nSPS) is 19.1. The molecule has 0 bridgehead atoms. The summed E-state index contributed by atoms with van der Waals surface area (Å²) in [5, 5.41) is 2.46. The third-order valence-corrected chi connectivity index (χ3v) is 5.04. The number of hydrogen-bond acceptors (Lipinski definition) is 4. The van der Waals surface area contributed by atoms with Crippen LogP contribution in [0.2, 0.25) is 10.0 Å². The second kappa shape index (κ2) is 6.07. The maximum atomic E-state index is 12.0. The first-order chi connectivity index (χ1) is 9.29. The average molecular weight is 359 g/mol. The van der Waals surface area contributed by atoms with Gasteiger partial charge in [-0.3, -0.25) is 4.79 Å². The highest BCUT2D eigenvalue weighted by molar-refractivity contribution is 8.13. The number of ether oxygens (including phenoxy) is 1. The van der Waals surface area contributed by atoms with E-state index in [0.29, 0.717) is 19.6 Å². The maximum absolute atomic E-state index is 12.0. The Morgan fingerprint density at radius 1 is 1.35 bits per heavy atom. The van der Waals surface area contributed by atoms with E-state index in [1.54, 1.807) is 0 Å². The van der Waals surface area contributed by atoms with Gasteiger partial charge in [0.15, 0.2) is 0 Å². The van der Waals surface area contributed by atoms with Crippen LogP contribution in [0.3, 0.4) is 0 Å². The van der Waals surface area contributed by atoms with Crippen LogP contribution < -0.4 is 5.32 Å². The van der Waals surface area contributed by atoms with E-state index in [9.17, 15) is 13.2 Å². The standard InChI is InChI=1S/C11H10Cl3NO4S/c12-8-3-6(4-9(10(8)13)20(14,17)18)11(16)15-7-1-2-19-5-7/h3-4,7H,1-2,5H2,(H,15,16). The second-order valence-corrected chi connectivity index (χ2v) is 7.56. The third-order valence-electron chi connectivity index (χ3n) is 2.78. The molecule has 0 radical (unpaired) electrons. The van der Waals surface area contributed by atoms with E-state index in [0.717, 1.165) is 6.07 Å². The molecule has 0 aromatic heterocycles. The molecule has 1 saturated heterocycles. The molecule has 1 fully saturated rings. The summed E-state index contributed by atoms with van der Waals surface area (Å²) in [5.74, 6) is -0.458. The Morgan fingerprint density at radius 3 is 2.60 bits per heavy atom. The Labute approximate surface area is 130 Å². The summed E-state index contributed by atoms with van der Waals surface area (Å²) in [6, 6.07) is 2.29. The number of nitrogens with one attached hydrogen (secondary N) is 1. The van der Waals surface area contributed by atoms with E-state index in [-0.39, 0.29) is 26.5 Å². The maximum Gasteiger partial charge on any atom is 0.262 e. The van der Waals surface area contributed by atoms with Gasteiger partial charge in [-0.1, -0.05) is 23.2 Å². The minimum Gasteiger partial charge on any atom is -0.379 e. The number of amides is 1. The van der Waals surface area contributed by atoms with Gasteiger partial charge >= 0.3 is 0 Å². The molecule has 1 aromatic rings. The van der Waals surface area contributed by atoms with Crippen molar-refractivity contribution in [2.75, 3.05) is 13.2 Å². The lowest BCUT2D eigenvalue weighted by molar-refractivity contribution is 0.0929. The van der Waals surface area contributed by atoms with Crippen molar-refractivity contribution in [1.82, 2.24) is 5.32 Å². The first-order valence-corrected chi connectivity index (χ1v) is 8.68. The van der Waals surface area contributed by atoms with Crippen LogP contribution in [0.15, 0.2) is 17.0 Å². The zero-order valence-corrected chi connectivity index (χ0v) is 13.1. The molecule has 0 aliphatic carbocycles. The lowest BCUT2D eigenvalue weighted by Gasteiger charge is -2.12. The monoisotopic (exact) mass is 357 g/mol. The van der Waals surface area contributed by atoms with Crippen molar-refractivity contribution < 1.29 is 17.9 Å². The van der Waals surface area contributed by atoms with Gasteiger partial charge in [-0.2, -0.15) is 0 Å². The first-order valence-electron chi connectivity index (χ1n) is 5.61. The molecule has 1 unspecified atom stereocenters. The first kappa shape index (κ1) is 15.9. The van der Waals surface area contributed by atoms with Crippen LogP contribution in [-0.4, -0.2) is 33.6 Å². The van der Waals surface area contributed by atoms with Crippen LogP contribution in [0.4, 0.5) is 0 Å². The Kier molecular flexibility index (Phi) is 4.81. The number of benzene rings is 1. The van der Waals surface area contributed by atoms with Crippen molar-refractivity contribution in [2.24, 2.45) is 0 Å². The van der Waals surface area contributed by atoms with E-state index in [4.69, 9.17) is 38.6 Å². The Morgan fingerprint density at radius 2 is 2.05 bits per heavy atom. The molecule has 110 valence electrons. The zero-order chi connectivity index (χ0) is 14.9. The van der Waals surface area contributed by atoms with Gasteiger partial charge in [-0.25, -0.2) is 8.42 Å². The van der Waals surface area contributed by atoms with Gasteiger partial charge in [-0.15, -0.1) is 0 Å². The summed E-state index contributed by atoms with van der Waals surface area (Å²) in [4.78, 5) is 11.6. The minimum atomic E-state index is -4.09. The molecule has 1 aromatic carbocycles. The summed E-state index contributed by atoms with van der Waals surface area (Å²) in [7, 11) is 1.17. The van der Waals surface area contributed by atoms with Gasteiger partial charge in [0.05, 0.1) is 22.7 Å². The fourth-order valence-corrected chi connectivity index (χ4v) is 3.55. The summed E-state index contributed by atoms with van der Waals surface area (Å²) >= 11 is 11.6. The van der Waals surface area contributed by atoms with Gasteiger partial charge < -0.3 is 10.1 Å². The van der Waals surface area contributed by atoms with E-state index < -0.39 is 15.0 Å². The molecule has 1 aliphatic heterocycles.